The van der Waals surface area contributed by atoms with Gasteiger partial charge in [0, 0.05) is 20.7 Å². The maximum atomic E-state index is 12.3. The number of hydrogen-bond donors (Lipinski definition) is 0. The van der Waals surface area contributed by atoms with Gasteiger partial charge in [-0.3, -0.25) is 4.79 Å². The van der Waals surface area contributed by atoms with E-state index in [0.29, 0.717) is 6.42 Å². The summed E-state index contributed by atoms with van der Waals surface area (Å²) in [7, 11) is 3.12. The summed E-state index contributed by atoms with van der Waals surface area (Å²) in [6, 6.07) is 0. The highest BCUT2D eigenvalue weighted by molar-refractivity contribution is 5.79. The van der Waals surface area contributed by atoms with Crippen LogP contribution in [0.3, 0.4) is 0 Å². The minimum atomic E-state index is -2.57. The fourth-order valence-electron chi connectivity index (χ4n) is 1.46. The van der Waals surface area contributed by atoms with E-state index in [9.17, 15) is 13.6 Å². The maximum Gasteiger partial charge on any atom is 0.265 e. The molecule has 0 bridgehead atoms. The summed E-state index contributed by atoms with van der Waals surface area (Å²) in [5, 5.41) is 0. The Morgan fingerprint density at radius 1 is 1.54 bits per heavy atom. The monoisotopic (exact) mass is 193 g/mol. The summed E-state index contributed by atoms with van der Waals surface area (Å²) in [6.07, 6.45) is -3.39. The molecule has 0 saturated carbocycles. The van der Waals surface area contributed by atoms with Crippen molar-refractivity contribution in [2.45, 2.75) is 19.0 Å². The van der Waals surface area contributed by atoms with Gasteiger partial charge in [-0.15, -0.1) is 0 Å². The number of amides is 1. The lowest BCUT2D eigenvalue weighted by atomic mass is 10.0. The number of nitrogens with zero attached hydrogens (tertiary/aromatic N) is 1. The predicted octanol–water partition coefficient (Wildman–Crippen LogP) is 0.745. The molecule has 0 aromatic rings. The van der Waals surface area contributed by atoms with E-state index >= 15 is 0 Å². The first-order chi connectivity index (χ1) is 6.04. The molecule has 0 radical (unpaired) electrons. The van der Waals surface area contributed by atoms with Gasteiger partial charge >= 0.3 is 0 Å². The van der Waals surface area contributed by atoms with Crippen molar-refractivity contribution >= 4 is 5.91 Å². The van der Waals surface area contributed by atoms with E-state index in [0.717, 1.165) is 0 Å². The summed E-state index contributed by atoms with van der Waals surface area (Å²) in [5.41, 5.74) is 0. The maximum absolute atomic E-state index is 12.3. The van der Waals surface area contributed by atoms with Gasteiger partial charge in [0.05, 0.1) is 5.92 Å². The van der Waals surface area contributed by atoms with Crippen molar-refractivity contribution in [3.05, 3.63) is 0 Å². The number of halogens is 2. The van der Waals surface area contributed by atoms with Crippen molar-refractivity contribution < 1.29 is 18.3 Å². The molecule has 2 atom stereocenters. The molecule has 0 spiro atoms. The molecule has 1 aliphatic heterocycles. The average molecular weight is 193 g/mol. The molecule has 5 heteroatoms. The first-order valence-electron chi connectivity index (χ1n) is 4.15. The minimum Gasteiger partial charge on any atom is -0.371 e. The number of carbonyl (C=O) groups is 1. The largest absolute Gasteiger partial charge is 0.371 e. The number of rotatable bonds is 2. The smallest absolute Gasteiger partial charge is 0.265 e. The Morgan fingerprint density at radius 3 is 2.62 bits per heavy atom. The lowest BCUT2D eigenvalue weighted by Gasteiger charge is -2.20. The Hall–Kier alpha value is -0.710. The Bertz CT molecular complexity index is 197. The zero-order valence-corrected chi connectivity index (χ0v) is 7.67. The number of hydrogen-bond acceptors (Lipinski definition) is 2. The van der Waals surface area contributed by atoms with Crippen molar-refractivity contribution in [2.75, 3.05) is 20.7 Å². The summed E-state index contributed by atoms with van der Waals surface area (Å²) >= 11 is 0. The zero-order chi connectivity index (χ0) is 10.0. The third-order valence-corrected chi connectivity index (χ3v) is 2.14. The van der Waals surface area contributed by atoms with Gasteiger partial charge in [-0.25, -0.2) is 8.78 Å². The standard InChI is InChI=1S/C8H13F2NO2/c1-11(2)8(12)5-3-4-13-6(5)7(9)10/h5-7H,3-4H2,1-2H3. The highest BCUT2D eigenvalue weighted by Crippen LogP contribution is 2.27. The number of carbonyl (C=O) groups excluding carboxylic acids is 1. The molecule has 13 heavy (non-hydrogen) atoms. The molecule has 0 aromatic heterocycles. The summed E-state index contributed by atoms with van der Waals surface area (Å²) < 4.78 is 29.4. The molecule has 1 aliphatic rings. The second kappa shape index (κ2) is 4.00. The fraction of sp³-hybridized carbons (Fsp3) is 0.875. The van der Waals surface area contributed by atoms with Crippen molar-refractivity contribution in [3.8, 4) is 0 Å². The molecule has 0 aromatic carbocycles. The molecular weight excluding hydrogens is 180 g/mol. The van der Waals surface area contributed by atoms with Crippen LogP contribution in [0.2, 0.25) is 0 Å². The third kappa shape index (κ3) is 2.15. The molecule has 1 amide bonds. The molecule has 1 saturated heterocycles. The van der Waals surface area contributed by atoms with Crippen molar-refractivity contribution in [1.29, 1.82) is 0 Å². The zero-order valence-electron chi connectivity index (χ0n) is 7.67. The van der Waals surface area contributed by atoms with Crippen LogP contribution >= 0.6 is 0 Å². The Labute approximate surface area is 75.7 Å². The Kier molecular flexibility index (Phi) is 3.19. The van der Waals surface area contributed by atoms with Gasteiger partial charge in [0.15, 0.2) is 0 Å². The van der Waals surface area contributed by atoms with Crippen LogP contribution in [0.1, 0.15) is 6.42 Å². The molecule has 1 fully saturated rings. The fourth-order valence-corrected chi connectivity index (χ4v) is 1.46. The van der Waals surface area contributed by atoms with Crippen LogP contribution in [0, 0.1) is 5.92 Å². The van der Waals surface area contributed by atoms with E-state index in [-0.39, 0.29) is 12.5 Å². The normalized spacial score (nSPS) is 28.1. The molecule has 1 rings (SSSR count). The Balaban J connectivity index is 2.63. The van der Waals surface area contributed by atoms with Gasteiger partial charge in [0.2, 0.25) is 5.91 Å². The van der Waals surface area contributed by atoms with Crippen molar-refractivity contribution in [3.63, 3.8) is 0 Å². The summed E-state index contributed by atoms with van der Waals surface area (Å²) in [4.78, 5) is 12.7. The summed E-state index contributed by atoms with van der Waals surface area (Å²) in [6.45, 7) is 0.249. The first kappa shape index (κ1) is 10.4. The third-order valence-electron chi connectivity index (χ3n) is 2.14. The summed E-state index contributed by atoms with van der Waals surface area (Å²) in [5.74, 6) is -0.946. The van der Waals surface area contributed by atoms with Crippen molar-refractivity contribution in [2.24, 2.45) is 5.92 Å². The van der Waals surface area contributed by atoms with E-state index in [2.05, 4.69) is 0 Å². The Morgan fingerprint density at radius 2 is 2.15 bits per heavy atom. The molecule has 2 unspecified atom stereocenters. The van der Waals surface area contributed by atoms with Crippen LogP contribution in [-0.4, -0.2) is 44.0 Å². The molecule has 1 heterocycles. The average Bonchev–Trinajstić information content (AvgIpc) is 2.50. The van der Waals surface area contributed by atoms with E-state index in [1.165, 1.54) is 4.90 Å². The molecule has 0 aliphatic carbocycles. The van der Waals surface area contributed by atoms with E-state index in [1.54, 1.807) is 14.1 Å². The first-order valence-corrected chi connectivity index (χ1v) is 4.15. The van der Waals surface area contributed by atoms with E-state index in [1.807, 2.05) is 0 Å². The second-order valence-electron chi connectivity index (χ2n) is 3.30. The highest BCUT2D eigenvalue weighted by atomic mass is 19.3. The lowest BCUT2D eigenvalue weighted by molar-refractivity contribution is -0.138. The van der Waals surface area contributed by atoms with Crippen LogP contribution < -0.4 is 0 Å². The van der Waals surface area contributed by atoms with Gasteiger partial charge in [-0.2, -0.15) is 0 Å². The minimum absolute atomic E-state index is 0.249. The topological polar surface area (TPSA) is 29.5 Å². The van der Waals surface area contributed by atoms with Crippen LogP contribution in [0.15, 0.2) is 0 Å². The van der Waals surface area contributed by atoms with Gasteiger partial charge < -0.3 is 9.64 Å². The molecule has 76 valence electrons. The van der Waals surface area contributed by atoms with E-state index in [4.69, 9.17) is 4.74 Å². The van der Waals surface area contributed by atoms with Crippen LogP contribution in [0.25, 0.3) is 0 Å². The van der Waals surface area contributed by atoms with Crippen LogP contribution in [-0.2, 0) is 9.53 Å². The number of ether oxygens (including phenoxy) is 1. The van der Waals surface area contributed by atoms with Gasteiger partial charge in [-0.05, 0) is 6.42 Å². The van der Waals surface area contributed by atoms with Gasteiger partial charge in [0.25, 0.3) is 6.43 Å². The predicted molar refractivity (Wildman–Crippen MR) is 42.5 cm³/mol. The van der Waals surface area contributed by atoms with Crippen molar-refractivity contribution in [1.82, 2.24) is 4.90 Å². The molecule has 3 nitrogen and oxygen atoms in total. The van der Waals surface area contributed by atoms with E-state index < -0.39 is 18.4 Å². The molecule has 0 N–H and O–H groups in total. The highest BCUT2D eigenvalue weighted by Gasteiger charge is 2.40. The molecular formula is C8H13F2NO2. The second-order valence-corrected chi connectivity index (χ2v) is 3.30. The van der Waals surface area contributed by atoms with Gasteiger partial charge in [-0.1, -0.05) is 0 Å². The van der Waals surface area contributed by atoms with Crippen LogP contribution in [0.5, 0.6) is 0 Å². The quantitative estimate of drug-likeness (QED) is 0.647. The van der Waals surface area contributed by atoms with Gasteiger partial charge in [0.1, 0.15) is 6.10 Å². The van der Waals surface area contributed by atoms with Crippen LogP contribution in [0.4, 0.5) is 8.78 Å². The number of alkyl halides is 2. The SMILES string of the molecule is CN(C)C(=O)C1CCOC1C(F)F. The lowest BCUT2D eigenvalue weighted by Crippen LogP contribution is -2.37.